The number of fused-ring (bicyclic) bond motifs is 1. The average Bonchev–Trinajstić information content (AvgIpc) is 3.21. The molecule has 0 bridgehead atoms. The Bertz CT molecular complexity index is 1210. The number of carbonyl (C=O) groups excluding carboxylic acids is 1. The summed E-state index contributed by atoms with van der Waals surface area (Å²) in [6.45, 7) is 5.23. The van der Waals surface area contributed by atoms with E-state index in [1.807, 2.05) is 30.3 Å². The van der Waals surface area contributed by atoms with Gasteiger partial charge in [0.1, 0.15) is 0 Å². The topological polar surface area (TPSA) is 83.5 Å². The predicted octanol–water partition coefficient (Wildman–Crippen LogP) is 4.02. The second-order valence-electron chi connectivity index (χ2n) is 8.55. The third-order valence-electron chi connectivity index (χ3n) is 5.81. The minimum atomic E-state index is -3.34. The molecule has 1 saturated heterocycles. The largest absolute Gasteiger partial charge is 0.282 e. The van der Waals surface area contributed by atoms with E-state index in [0.717, 1.165) is 21.5 Å². The van der Waals surface area contributed by atoms with Gasteiger partial charge in [-0.1, -0.05) is 43.4 Å². The maximum absolute atomic E-state index is 13.7. The number of rotatable bonds is 6. The Morgan fingerprint density at radius 3 is 2.75 bits per heavy atom. The number of nitrogens with zero attached hydrogens (tertiary/aromatic N) is 4. The summed E-state index contributed by atoms with van der Waals surface area (Å²) in [5.41, 5.74) is 2.83. The summed E-state index contributed by atoms with van der Waals surface area (Å²) in [5.74, 6) is -0.192. The maximum atomic E-state index is 13.7. The van der Waals surface area contributed by atoms with Gasteiger partial charge in [0.2, 0.25) is 15.9 Å². The second kappa shape index (κ2) is 9.25. The Balaban J connectivity index is 1.72. The molecule has 9 heteroatoms. The van der Waals surface area contributed by atoms with Gasteiger partial charge in [0, 0.05) is 19.3 Å². The molecule has 1 unspecified atom stereocenters. The van der Waals surface area contributed by atoms with Crippen LogP contribution in [0.15, 0.2) is 42.6 Å². The molecule has 3 aromatic rings. The zero-order chi connectivity index (χ0) is 22.9. The Morgan fingerprint density at radius 2 is 2.06 bits per heavy atom. The highest BCUT2D eigenvalue weighted by Gasteiger charge is 2.34. The first-order chi connectivity index (χ1) is 15.2. The fraction of sp³-hybridized carbons (Fsp3) is 0.435. The molecule has 1 amide bonds. The van der Waals surface area contributed by atoms with Crippen LogP contribution in [0.4, 0.5) is 5.13 Å². The van der Waals surface area contributed by atoms with E-state index in [0.29, 0.717) is 37.0 Å². The van der Waals surface area contributed by atoms with Crippen LogP contribution in [-0.2, 0) is 21.4 Å². The fourth-order valence-electron chi connectivity index (χ4n) is 4.10. The van der Waals surface area contributed by atoms with Crippen molar-refractivity contribution in [3.05, 3.63) is 53.9 Å². The molecular weight excluding hydrogens is 444 g/mol. The minimum absolute atomic E-state index is 0.103. The standard InChI is InChI=1S/C23H28N4O3S2/c1-16(2)19-10-6-11-20-21(19)25-23(31-20)27(15-18-9-4-5-12-24-18)22(28)17-8-7-13-26(14-17)32(3,29)30/h4-6,9-12,16-17H,7-8,13-15H2,1-3H3. The summed E-state index contributed by atoms with van der Waals surface area (Å²) >= 11 is 1.49. The molecule has 0 N–H and O–H groups in total. The van der Waals surface area contributed by atoms with Crippen LogP contribution >= 0.6 is 11.3 Å². The van der Waals surface area contributed by atoms with E-state index < -0.39 is 15.9 Å². The highest BCUT2D eigenvalue weighted by molar-refractivity contribution is 7.88. The van der Waals surface area contributed by atoms with Crippen molar-refractivity contribution in [2.45, 2.75) is 39.2 Å². The molecule has 32 heavy (non-hydrogen) atoms. The van der Waals surface area contributed by atoms with E-state index in [-0.39, 0.29) is 12.5 Å². The molecule has 1 aliphatic heterocycles. The zero-order valence-corrected chi connectivity index (χ0v) is 20.2. The Kier molecular flexibility index (Phi) is 6.60. The first-order valence-corrected chi connectivity index (χ1v) is 13.5. The van der Waals surface area contributed by atoms with E-state index in [9.17, 15) is 13.2 Å². The predicted molar refractivity (Wildman–Crippen MR) is 128 cm³/mol. The van der Waals surface area contributed by atoms with Crippen LogP contribution in [-0.4, -0.2) is 47.9 Å². The number of benzene rings is 1. The highest BCUT2D eigenvalue weighted by Crippen LogP contribution is 2.35. The third-order valence-corrected chi connectivity index (χ3v) is 8.12. The van der Waals surface area contributed by atoms with E-state index >= 15 is 0 Å². The lowest BCUT2D eigenvalue weighted by Crippen LogP contribution is -2.46. The highest BCUT2D eigenvalue weighted by atomic mass is 32.2. The molecule has 3 heterocycles. The minimum Gasteiger partial charge on any atom is -0.282 e. The fourth-order valence-corrected chi connectivity index (χ4v) is 6.02. The normalized spacial score (nSPS) is 17.7. The number of para-hydroxylation sites is 1. The first kappa shape index (κ1) is 22.8. The molecule has 4 rings (SSSR count). The van der Waals surface area contributed by atoms with Crippen molar-refractivity contribution in [2.75, 3.05) is 24.2 Å². The summed E-state index contributed by atoms with van der Waals surface area (Å²) in [4.78, 5) is 24.7. The number of amides is 1. The van der Waals surface area contributed by atoms with Gasteiger partial charge in [-0.3, -0.25) is 14.7 Å². The number of pyridine rings is 1. The molecule has 0 aliphatic carbocycles. The van der Waals surface area contributed by atoms with Crippen LogP contribution in [0.2, 0.25) is 0 Å². The lowest BCUT2D eigenvalue weighted by molar-refractivity contribution is -0.123. The summed E-state index contributed by atoms with van der Waals surface area (Å²) in [7, 11) is -3.34. The van der Waals surface area contributed by atoms with Crippen LogP contribution in [0.5, 0.6) is 0 Å². The Morgan fingerprint density at radius 1 is 1.25 bits per heavy atom. The number of sulfonamides is 1. The van der Waals surface area contributed by atoms with Gasteiger partial charge in [-0.25, -0.2) is 17.7 Å². The Labute approximate surface area is 193 Å². The van der Waals surface area contributed by atoms with Gasteiger partial charge in [0.05, 0.1) is 34.6 Å². The Hall–Kier alpha value is -2.36. The van der Waals surface area contributed by atoms with Gasteiger partial charge < -0.3 is 0 Å². The van der Waals surface area contributed by atoms with Crippen molar-refractivity contribution in [1.82, 2.24) is 14.3 Å². The molecule has 0 spiro atoms. The van der Waals surface area contributed by atoms with Crippen molar-refractivity contribution in [3.63, 3.8) is 0 Å². The molecule has 1 atom stereocenters. The van der Waals surface area contributed by atoms with Gasteiger partial charge in [0.15, 0.2) is 5.13 Å². The van der Waals surface area contributed by atoms with Crippen LogP contribution in [0.1, 0.15) is 43.9 Å². The molecular formula is C23H28N4O3S2. The number of aromatic nitrogens is 2. The number of carbonyl (C=O) groups is 1. The first-order valence-electron chi connectivity index (χ1n) is 10.8. The van der Waals surface area contributed by atoms with Gasteiger partial charge in [-0.2, -0.15) is 0 Å². The van der Waals surface area contributed by atoms with E-state index in [4.69, 9.17) is 4.98 Å². The van der Waals surface area contributed by atoms with E-state index in [1.165, 1.54) is 21.9 Å². The number of piperidine rings is 1. The number of hydrogen-bond donors (Lipinski definition) is 0. The van der Waals surface area contributed by atoms with Crippen molar-refractivity contribution in [2.24, 2.45) is 5.92 Å². The lowest BCUT2D eigenvalue weighted by atomic mass is 9.98. The monoisotopic (exact) mass is 472 g/mol. The molecule has 2 aromatic heterocycles. The number of anilines is 1. The molecule has 0 saturated carbocycles. The molecule has 1 aromatic carbocycles. The maximum Gasteiger partial charge on any atom is 0.233 e. The summed E-state index contributed by atoms with van der Waals surface area (Å²) < 4.78 is 26.6. The van der Waals surface area contributed by atoms with Crippen molar-refractivity contribution in [1.29, 1.82) is 0 Å². The van der Waals surface area contributed by atoms with Gasteiger partial charge in [-0.05, 0) is 42.5 Å². The molecule has 1 fully saturated rings. The van der Waals surface area contributed by atoms with E-state index in [2.05, 4.69) is 24.9 Å². The van der Waals surface area contributed by atoms with E-state index in [1.54, 1.807) is 11.1 Å². The summed E-state index contributed by atoms with van der Waals surface area (Å²) in [5, 5.41) is 0.625. The molecule has 0 radical (unpaired) electrons. The molecule has 7 nitrogen and oxygen atoms in total. The smallest absolute Gasteiger partial charge is 0.233 e. The van der Waals surface area contributed by atoms with Gasteiger partial charge in [0.25, 0.3) is 0 Å². The van der Waals surface area contributed by atoms with Crippen molar-refractivity contribution in [3.8, 4) is 0 Å². The lowest BCUT2D eigenvalue weighted by Gasteiger charge is -2.32. The SMILES string of the molecule is CC(C)c1cccc2sc(N(Cc3ccccn3)C(=O)C3CCCN(S(C)(=O)=O)C3)nc12. The molecule has 1 aliphatic rings. The van der Waals surface area contributed by atoms with Crippen LogP contribution in [0.25, 0.3) is 10.2 Å². The second-order valence-corrected chi connectivity index (χ2v) is 11.5. The quantitative estimate of drug-likeness (QED) is 0.541. The third kappa shape index (κ3) is 4.84. The number of hydrogen-bond acceptors (Lipinski definition) is 6. The summed E-state index contributed by atoms with van der Waals surface area (Å²) in [6, 6.07) is 11.7. The average molecular weight is 473 g/mol. The van der Waals surface area contributed by atoms with Crippen LogP contribution < -0.4 is 4.90 Å². The van der Waals surface area contributed by atoms with Gasteiger partial charge >= 0.3 is 0 Å². The number of thiazole rings is 1. The van der Waals surface area contributed by atoms with Crippen molar-refractivity contribution >= 4 is 42.6 Å². The van der Waals surface area contributed by atoms with Crippen molar-refractivity contribution < 1.29 is 13.2 Å². The summed E-state index contributed by atoms with van der Waals surface area (Å²) in [6.07, 6.45) is 4.23. The van der Waals surface area contributed by atoms with Crippen LogP contribution in [0.3, 0.4) is 0 Å². The zero-order valence-electron chi connectivity index (χ0n) is 18.6. The van der Waals surface area contributed by atoms with Gasteiger partial charge in [-0.15, -0.1) is 0 Å². The van der Waals surface area contributed by atoms with Crippen LogP contribution in [0, 0.1) is 5.92 Å². The molecule has 170 valence electrons.